The summed E-state index contributed by atoms with van der Waals surface area (Å²) in [6.45, 7) is 3.44. The van der Waals surface area contributed by atoms with Crippen LogP contribution in [0.4, 0.5) is 0 Å². The fourth-order valence-electron chi connectivity index (χ4n) is 3.56. The molecule has 2 N–H and O–H groups in total. The Bertz CT molecular complexity index is 778. The highest BCUT2D eigenvalue weighted by atomic mass is 32.2. The van der Waals surface area contributed by atoms with Crippen molar-refractivity contribution in [2.24, 2.45) is 16.8 Å². The van der Waals surface area contributed by atoms with E-state index in [1.807, 2.05) is 4.90 Å². The number of carbonyl (C=O) groups is 1. The van der Waals surface area contributed by atoms with Gasteiger partial charge in [0, 0.05) is 31.7 Å². The second-order valence-corrected chi connectivity index (χ2v) is 7.89. The fourth-order valence-corrected chi connectivity index (χ4v) is 4.81. The van der Waals surface area contributed by atoms with Crippen molar-refractivity contribution in [3.63, 3.8) is 0 Å². The van der Waals surface area contributed by atoms with E-state index < -0.39 is 10.0 Å². The number of sulfonamides is 1. The number of benzene rings is 1. The maximum Gasteiger partial charge on any atom is 0.263 e. The van der Waals surface area contributed by atoms with Gasteiger partial charge in [-0.05, 0) is 24.0 Å². The lowest BCUT2D eigenvalue weighted by Gasteiger charge is -2.16. The third-order valence-corrected chi connectivity index (χ3v) is 6.17. The number of aliphatic imine (C=N–C) groups is 1. The molecule has 0 aliphatic carbocycles. The van der Waals surface area contributed by atoms with Crippen LogP contribution in [0.5, 0.6) is 0 Å². The molecule has 0 bridgehead atoms. The summed E-state index contributed by atoms with van der Waals surface area (Å²) in [6, 6.07) is 6.66. The van der Waals surface area contributed by atoms with Gasteiger partial charge in [0.2, 0.25) is 5.91 Å². The van der Waals surface area contributed by atoms with E-state index in [1.54, 1.807) is 18.2 Å². The Hall–Kier alpha value is -1.93. The Morgan fingerprint density at radius 1 is 1.22 bits per heavy atom. The molecular formula is C15H18N4O3S. The first kappa shape index (κ1) is 14.6. The van der Waals surface area contributed by atoms with Crippen molar-refractivity contribution in [2.75, 3.05) is 32.7 Å². The Kier molecular flexibility index (Phi) is 3.38. The molecule has 23 heavy (non-hydrogen) atoms. The normalized spacial score (nSPS) is 29.4. The fraction of sp³-hybridized carbons (Fsp3) is 0.467. The van der Waals surface area contributed by atoms with Crippen LogP contribution in [0.1, 0.15) is 5.56 Å². The van der Waals surface area contributed by atoms with Gasteiger partial charge in [-0.3, -0.25) is 14.5 Å². The smallest absolute Gasteiger partial charge is 0.263 e. The van der Waals surface area contributed by atoms with E-state index in [1.165, 1.54) is 6.07 Å². The van der Waals surface area contributed by atoms with Crippen LogP contribution in [0.25, 0.3) is 0 Å². The lowest BCUT2D eigenvalue weighted by atomic mass is 10.0. The van der Waals surface area contributed by atoms with Gasteiger partial charge in [0.25, 0.3) is 10.0 Å². The molecule has 0 radical (unpaired) electrons. The van der Waals surface area contributed by atoms with E-state index in [-0.39, 0.29) is 23.2 Å². The summed E-state index contributed by atoms with van der Waals surface area (Å²) < 4.78 is 26.4. The van der Waals surface area contributed by atoms with Crippen molar-refractivity contribution in [2.45, 2.75) is 4.90 Å². The number of amidine groups is 1. The SMILES string of the molecule is O=C(CN=C1NS(=O)(=O)c2ccccc21)N1C[C@H]2CNC[C@H]2C1. The number of carbonyl (C=O) groups excluding carboxylic acids is 1. The summed E-state index contributed by atoms with van der Waals surface area (Å²) in [7, 11) is -3.55. The summed E-state index contributed by atoms with van der Waals surface area (Å²) in [6.07, 6.45) is 0. The lowest BCUT2D eigenvalue weighted by molar-refractivity contribution is -0.128. The van der Waals surface area contributed by atoms with Crippen molar-refractivity contribution in [3.8, 4) is 0 Å². The first-order valence-electron chi connectivity index (χ1n) is 7.70. The predicted molar refractivity (Wildman–Crippen MR) is 84.6 cm³/mol. The van der Waals surface area contributed by atoms with Crippen molar-refractivity contribution in [1.29, 1.82) is 0 Å². The number of nitrogens with zero attached hydrogens (tertiary/aromatic N) is 2. The van der Waals surface area contributed by atoms with Crippen molar-refractivity contribution in [3.05, 3.63) is 29.8 Å². The summed E-state index contributed by atoms with van der Waals surface area (Å²) in [4.78, 5) is 18.6. The first-order valence-corrected chi connectivity index (χ1v) is 9.18. The minimum atomic E-state index is -3.55. The Balaban J connectivity index is 1.49. The number of likely N-dealkylation sites (tertiary alicyclic amines) is 1. The molecule has 1 aromatic carbocycles. The molecule has 0 saturated carbocycles. The topological polar surface area (TPSA) is 90.9 Å². The number of amides is 1. The Morgan fingerprint density at radius 3 is 2.65 bits per heavy atom. The zero-order valence-electron chi connectivity index (χ0n) is 12.5. The molecule has 122 valence electrons. The van der Waals surface area contributed by atoms with Crippen LogP contribution < -0.4 is 10.0 Å². The molecule has 0 spiro atoms. The van der Waals surface area contributed by atoms with E-state index >= 15 is 0 Å². The molecule has 2 atom stereocenters. The van der Waals surface area contributed by atoms with Crippen LogP contribution in [0, 0.1) is 11.8 Å². The first-order chi connectivity index (χ1) is 11.0. The molecule has 1 aromatic rings. The zero-order valence-corrected chi connectivity index (χ0v) is 13.3. The number of hydrogen-bond acceptors (Lipinski definition) is 5. The van der Waals surface area contributed by atoms with Gasteiger partial charge in [0.05, 0.1) is 4.90 Å². The summed E-state index contributed by atoms with van der Waals surface area (Å²) in [5.41, 5.74) is 0.530. The van der Waals surface area contributed by atoms with Gasteiger partial charge in [-0.15, -0.1) is 0 Å². The molecule has 1 amide bonds. The van der Waals surface area contributed by atoms with E-state index in [4.69, 9.17) is 0 Å². The van der Waals surface area contributed by atoms with E-state index in [2.05, 4.69) is 15.0 Å². The average Bonchev–Trinajstić information content (AvgIpc) is 3.18. The highest BCUT2D eigenvalue weighted by Crippen LogP contribution is 2.26. The summed E-state index contributed by atoms with van der Waals surface area (Å²) in [5.74, 6) is 1.29. The second-order valence-electron chi connectivity index (χ2n) is 6.24. The maximum atomic E-state index is 12.3. The molecule has 2 fully saturated rings. The van der Waals surface area contributed by atoms with Crippen LogP contribution in [0.15, 0.2) is 34.2 Å². The van der Waals surface area contributed by atoms with Crippen LogP contribution in [0.2, 0.25) is 0 Å². The van der Waals surface area contributed by atoms with Crippen molar-refractivity contribution in [1.82, 2.24) is 14.9 Å². The van der Waals surface area contributed by atoms with Gasteiger partial charge >= 0.3 is 0 Å². The number of hydrogen-bond donors (Lipinski definition) is 2. The van der Waals surface area contributed by atoms with Crippen LogP contribution >= 0.6 is 0 Å². The summed E-state index contributed by atoms with van der Waals surface area (Å²) >= 11 is 0. The molecule has 3 aliphatic rings. The Labute approximate surface area is 134 Å². The quantitative estimate of drug-likeness (QED) is 0.756. The minimum absolute atomic E-state index is 0.0287. The van der Waals surface area contributed by atoms with Gasteiger partial charge in [-0.25, -0.2) is 8.42 Å². The van der Waals surface area contributed by atoms with E-state index in [9.17, 15) is 13.2 Å². The molecule has 0 unspecified atom stereocenters. The van der Waals surface area contributed by atoms with Crippen molar-refractivity contribution < 1.29 is 13.2 Å². The van der Waals surface area contributed by atoms with Gasteiger partial charge in [0.1, 0.15) is 12.4 Å². The molecule has 2 saturated heterocycles. The van der Waals surface area contributed by atoms with Crippen LogP contribution in [-0.2, 0) is 14.8 Å². The van der Waals surface area contributed by atoms with Crippen LogP contribution in [0.3, 0.4) is 0 Å². The molecule has 3 heterocycles. The highest BCUT2D eigenvalue weighted by Gasteiger charge is 2.38. The molecule has 0 aromatic heterocycles. The number of fused-ring (bicyclic) bond motifs is 2. The number of nitrogens with one attached hydrogen (secondary N) is 2. The predicted octanol–water partition coefficient (Wildman–Crippen LogP) is -0.597. The number of rotatable bonds is 2. The van der Waals surface area contributed by atoms with Gasteiger partial charge in [0.15, 0.2) is 0 Å². The van der Waals surface area contributed by atoms with E-state index in [0.717, 1.165) is 26.2 Å². The van der Waals surface area contributed by atoms with Crippen molar-refractivity contribution >= 4 is 21.8 Å². The standard InChI is InChI=1S/C15H18N4O3S/c20-14(19-8-10-5-16-6-11(10)9-19)7-17-15-12-3-1-2-4-13(12)23(21,22)18-15/h1-4,10-11,16H,5-9H2,(H,17,18)/t10-,11+. The van der Waals surface area contributed by atoms with Gasteiger partial charge < -0.3 is 10.2 Å². The molecule has 4 rings (SSSR count). The third kappa shape index (κ3) is 2.51. The zero-order chi connectivity index (χ0) is 16.0. The largest absolute Gasteiger partial charge is 0.340 e. The molecule has 7 nitrogen and oxygen atoms in total. The minimum Gasteiger partial charge on any atom is -0.340 e. The van der Waals surface area contributed by atoms with Gasteiger partial charge in [-0.2, -0.15) is 0 Å². The van der Waals surface area contributed by atoms with Gasteiger partial charge in [-0.1, -0.05) is 12.1 Å². The molecule has 8 heteroatoms. The third-order valence-electron chi connectivity index (χ3n) is 4.78. The average molecular weight is 334 g/mol. The Morgan fingerprint density at radius 2 is 1.91 bits per heavy atom. The summed E-state index contributed by atoms with van der Waals surface area (Å²) in [5, 5.41) is 3.34. The molecular weight excluding hydrogens is 316 g/mol. The molecule has 3 aliphatic heterocycles. The second kappa shape index (κ2) is 5.31. The lowest BCUT2D eigenvalue weighted by Crippen LogP contribution is -2.34. The van der Waals surface area contributed by atoms with Crippen LogP contribution in [-0.4, -0.2) is 57.8 Å². The maximum absolute atomic E-state index is 12.3. The highest BCUT2D eigenvalue weighted by molar-refractivity contribution is 7.90. The monoisotopic (exact) mass is 334 g/mol. The van der Waals surface area contributed by atoms with E-state index in [0.29, 0.717) is 17.4 Å².